The molecule has 0 spiro atoms. The molecule has 0 N–H and O–H groups in total. The summed E-state index contributed by atoms with van der Waals surface area (Å²) in [4.78, 5) is 26.2. The van der Waals surface area contributed by atoms with Crippen molar-refractivity contribution < 1.29 is 18.7 Å². The minimum Gasteiger partial charge on any atom is -0.467 e. The summed E-state index contributed by atoms with van der Waals surface area (Å²) in [6.07, 6.45) is 1.76. The standard InChI is InChI=1S/C21H19NO4/c23-20-11-17(12-22(20)13-18-8-4-10-25-18)21(24)26-14-16-7-3-6-15-5-1-2-9-19(15)16/h1-10,17H,11-14H2/t17-/m1/s1. The highest BCUT2D eigenvalue weighted by Gasteiger charge is 2.35. The van der Waals surface area contributed by atoms with E-state index < -0.39 is 5.92 Å². The third kappa shape index (κ3) is 3.33. The molecule has 26 heavy (non-hydrogen) atoms. The van der Waals surface area contributed by atoms with Gasteiger partial charge in [-0.15, -0.1) is 0 Å². The normalized spacial score (nSPS) is 17.0. The van der Waals surface area contributed by atoms with Crippen LogP contribution in [0, 0.1) is 5.92 Å². The maximum Gasteiger partial charge on any atom is 0.311 e. The number of hydrogen-bond acceptors (Lipinski definition) is 4. The van der Waals surface area contributed by atoms with Gasteiger partial charge in [-0.1, -0.05) is 42.5 Å². The number of furan rings is 1. The first-order chi connectivity index (χ1) is 12.7. The molecule has 0 aliphatic carbocycles. The fourth-order valence-electron chi connectivity index (χ4n) is 3.36. The van der Waals surface area contributed by atoms with Crippen molar-refractivity contribution in [2.24, 2.45) is 5.92 Å². The van der Waals surface area contributed by atoms with Gasteiger partial charge < -0.3 is 14.1 Å². The molecule has 4 rings (SSSR count). The molecule has 1 saturated heterocycles. The van der Waals surface area contributed by atoms with Gasteiger partial charge in [-0.3, -0.25) is 9.59 Å². The third-order valence-electron chi connectivity index (χ3n) is 4.72. The summed E-state index contributed by atoms with van der Waals surface area (Å²) in [6, 6.07) is 17.5. The molecule has 1 fully saturated rings. The number of likely N-dealkylation sites (tertiary alicyclic amines) is 1. The van der Waals surface area contributed by atoms with Crippen molar-refractivity contribution in [3.8, 4) is 0 Å². The Morgan fingerprint density at radius 1 is 1.12 bits per heavy atom. The molecule has 0 saturated carbocycles. The Labute approximate surface area is 151 Å². The molecule has 5 heteroatoms. The Bertz CT molecular complexity index is 927. The van der Waals surface area contributed by atoms with Gasteiger partial charge in [0.1, 0.15) is 12.4 Å². The fraction of sp³-hybridized carbons (Fsp3) is 0.238. The van der Waals surface area contributed by atoms with Crippen LogP contribution in [0.3, 0.4) is 0 Å². The summed E-state index contributed by atoms with van der Waals surface area (Å²) in [6.45, 7) is 0.968. The van der Waals surface area contributed by atoms with E-state index in [2.05, 4.69) is 0 Å². The molecule has 1 amide bonds. The van der Waals surface area contributed by atoms with Gasteiger partial charge in [-0.2, -0.15) is 0 Å². The number of esters is 1. The van der Waals surface area contributed by atoms with E-state index in [9.17, 15) is 9.59 Å². The van der Waals surface area contributed by atoms with E-state index >= 15 is 0 Å². The Kier molecular flexibility index (Phi) is 4.44. The lowest BCUT2D eigenvalue weighted by atomic mass is 10.1. The Morgan fingerprint density at radius 2 is 1.96 bits per heavy atom. The molecule has 5 nitrogen and oxygen atoms in total. The summed E-state index contributed by atoms with van der Waals surface area (Å²) < 4.78 is 10.8. The molecular weight excluding hydrogens is 330 g/mol. The molecule has 1 atom stereocenters. The molecule has 0 radical (unpaired) electrons. The predicted molar refractivity (Wildman–Crippen MR) is 96.0 cm³/mol. The van der Waals surface area contributed by atoms with Crippen molar-refractivity contribution in [1.82, 2.24) is 4.90 Å². The van der Waals surface area contributed by atoms with Crippen LogP contribution in [0.2, 0.25) is 0 Å². The lowest BCUT2D eigenvalue weighted by Gasteiger charge is -2.15. The van der Waals surface area contributed by atoms with Gasteiger partial charge in [0.2, 0.25) is 5.91 Å². The molecule has 0 unspecified atom stereocenters. The number of carbonyl (C=O) groups is 2. The highest BCUT2D eigenvalue weighted by atomic mass is 16.5. The Hall–Kier alpha value is -3.08. The third-order valence-corrected chi connectivity index (χ3v) is 4.72. The molecular formula is C21H19NO4. The Balaban J connectivity index is 1.38. The summed E-state index contributed by atoms with van der Waals surface area (Å²) >= 11 is 0. The second-order valence-electron chi connectivity index (χ2n) is 6.50. The van der Waals surface area contributed by atoms with E-state index in [1.807, 2.05) is 48.5 Å². The quantitative estimate of drug-likeness (QED) is 0.661. The van der Waals surface area contributed by atoms with Crippen LogP contribution in [-0.4, -0.2) is 23.3 Å². The lowest BCUT2D eigenvalue weighted by molar-refractivity contribution is -0.149. The van der Waals surface area contributed by atoms with E-state index in [0.717, 1.165) is 16.3 Å². The van der Waals surface area contributed by atoms with Crippen molar-refractivity contribution in [2.45, 2.75) is 19.6 Å². The second-order valence-corrected chi connectivity index (χ2v) is 6.50. The van der Waals surface area contributed by atoms with Gasteiger partial charge in [-0.25, -0.2) is 0 Å². The van der Waals surface area contributed by atoms with Gasteiger partial charge in [0.05, 0.1) is 18.7 Å². The number of fused-ring (bicyclic) bond motifs is 1. The van der Waals surface area contributed by atoms with Crippen molar-refractivity contribution >= 4 is 22.6 Å². The zero-order valence-corrected chi connectivity index (χ0v) is 14.3. The first kappa shape index (κ1) is 16.4. The largest absolute Gasteiger partial charge is 0.467 e. The lowest BCUT2D eigenvalue weighted by Crippen LogP contribution is -2.26. The van der Waals surface area contributed by atoms with E-state index in [4.69, 9.17) is 9.15 Å². The Morgan fingerprint density at radius 3 is 2.81 bits per heavy atom. The summed E-state index contributed by atoms with van der Waals surface area (Å²) in [5, 5.41) is 2.19. The molecule has 2 heterocycles. The highest BCUT2D eigenvalue weighted by molar-refractivity contribution is 5.87. The maximum atomic E-state index is 12.4. The zero-order valence-electron chi connectivity index (χ0n) is 14.3. The van der Waals surface area contributed by atoms with Crippen LogP contribution in [0.1, 0.15) is 17.7 Å². The highest BCUT2D eigenvalue weighted by Crippen LogP contribution is 2.23. The van der Waals surface area contributed by atoms with Gasteiger partial charge in [0.25, 0.3) is 0 Å². The van der Waals surface area contributed by atoms with Crippen molar-refractivity contribution in [2.75, 3.05) is 6.54 Å². The molecule has 1 aromatic heterocycles. The minimum atomic E-state index is -0.424. The van der Waals surface area contributed by atoms with Gasteiger partial charge in [0.15, 0.2) is 0 Å². The smallest absolute Gasteiger partial charge is 0.311 e. The van der Waals surface area contributed by atoms with Gasteiger partial charge in [0, 0.05) is 13.0 Å². The summed E-state index contributed by atoms with van der Waals surface area (Å²) in [5.41, 5.74) is 0.966. The molecule has 3 aromatic rings. The van der Waals surface area contributed by atoms with Crippen molar-refractivity contribution in [3.63, 3.8) is 0 Å². The SMILES string of the molecule is O=C(OCc1cccc2ccccc12)[C@@H]1CC(=O)N(Cc2ccco2)C1. The average Bonchev–Trinajstić information content (AvgIpc) is 3.30. The molecule has 2 aromatic carbocycles. The van der Waals surface area contributed by atoms with Crippen LogP contribution < -0.4 is 0 Å². The molecule has 0 bridgehead atoms. The first-order valence-electron chi connectivity index (χ1n) is 8.64. The number of amides is 1. The number of carbonyl (C=O) groups excluding carboxylic acids is 2. The van der Waals surface area contributed by atoms with Crippen LogP contribution in [0.4, 0.5) is 0 Å². The van der Waals surface area contributed by atoms with Gasteiger partial charge in [-0.05, 0) is 28.5 Å². The van der Waals surface area contributed by atoms with Crippen molar-refractivity contribution in [3.05, 3.63) is 72.2 Å². The maximum absolute atomic E-state index is 12.4. The number of nitrogens with zero attached hydrogens (tertiary/aromatic N) is 1. The van der Waals surface area contributed by atoms with Crippen LogP contribution in [0.5, 0.6) is 0 Å². The zero-order chi connectivity index (χ0) is 17.9. The van der Waals surface area contributed by atoms with E-state index in [0.29, 0.717) is 18.8 Å². The monoisotopic (exact) mass is 349 g/mol. The summed E-state index contributed by atoms with van der Waals surface area (Å²) in [7, 11) is 0. The molecule has 1 aliphatic heterocycles. The topological polar surface area (TPSA) is 59.8 Å². The molecule has 132 valence electrons. The summed E-state index contributed by atoms with van der Waals surface area (Å²) in [5.74, 6) is -0.0858. The first-order valence-corrected chi connectivity index (χ1v) is 8.64. The minimum absolute atomic E-state index is 0.0477. The number of benzene rings is 2. The van der Waals surface area contributed by atoms with Crippen LogP contribution in [0.15, 0.2) is 65.3 Å². The van der Waals surface area contributed by atoms with E-state index in [1.165, 1.54) is 0 Å². The van der Waals surface area contributed by atoms with E-state index in [-0.39, 0.29) is 24.9 Å². The van der Waals surface area contributed by atoms with Crippen LogP contribution in [-0.2, 0) is 27.5 Å². The number of hydrogen-bond donors (Lipinski definition) is 0. The van der Waals surface area contributed by atoms with Crippen LogP contribution >= 0.6 is 0 Å². The average molecular weight is 349 g/mol. The van der Waals surface area contributed by atoms with Crippen LogP contribution in [0.25, 0.3) is 10.8 Å². The fourth-order valence-corrected chi connectivity index (χ4v) is 3.36. The second kappa shape index (κ2) is 7.04. The number of rotatable bonds is 5. The molecule has 1 aliphatic rings. The van der Waals surface area contributed by atoms with E-state index in [1.54, 1.807) is 17.2 Å². The van der Waals surface area contributed by atoms with Crippen molar-refractivity contribution in [1.29, 1.82) is 0 Å². The van der Waals surface area contributed by atoms with Gasteiger partial charge >= 0.3 is 5.97 Å². The number of ether oxygens (including phenoxy) is 1. The predicted octanol–water partition coefficient (Wildman–Crippen LogP) is 3.52.